The highest BCUT2D eigenvalue weighted by Gasteiger charge is 2.39. The van der Waals surface area contributed by atoms with Crippen molar-refractivity contribution in [1.82, 2.24) is 0 Å². The summed E-state index contributed by atoms with van der Waals surface area (Å²) in [7, 11) is 0. The van der Waals surface area contributed by atoms with Crippen molar-refractivity contribution in [2.24, 2.45) is 0 Å². The van der Waals surface area contributed by atoms with E-state index in [4.69, 9.17) is 0 Å². The number of carbonyl (C=O) groups excluding carboxylic acids is 1. The lowest BCUT2D eigenvalue weighted by Gasteiger charge is -2.26. The summed E-state index contributed by atoms with van der Waals surface area (Å²) >= 11 is 0. The fourth-order valence-electron chi connectivity index (χ4n) is 1.32. The Balaban J connectivity index is 2.94. The Kier molecular flexibility index (Phi) is 3.42. The van der Waals surface area contributed by atoms with Gasteiger partial charge in [0, 0.05) is 10.4 Å². The number of hydrogen-bond acceptors (Lipinski definition) is 3. The predicted molar refractivity (Wildman–Crippen MR) is 52.7 cm³/mol. The third kappa shape index (κ3) is 2.33. The lowest BCUT2D eigenvalue weighted by Crippen LogP contribution is -2.40. The lowest BCUT2D eigenvalue weighted by molar-refractivity contribution is -0.205. The van der Waals surface area contributed by atoms with Gasteiger partial charge in [0.1, 0.15) is 0 Å². The van der Waals surface area contributed by atoms with Crippen molar-refractivity contribution < 1.29 is 19.4 Å². The molecule has 2 atom stereocenters. The van der Waals surface area contributed by atoms with Crippen LogP contribution in [0.4, 0.5) is 4.53 Å². The minimum absolute atomic E-state index is 0.540. The number of aliphatic hydroxyl groups is 1. The van der Waals surface area contributed by atoms with Crippen molar-refractivity contribution in [2.75, 3.05) is 0 Å². The molecule has 4 heteroatoms. The zero-order chi connectivity index (χ0) is 11.5. The summed E-state index contributed by atoms with van der Waals surface area (Å²) in [4.78, 5) is 14.1. The molecule has 0 fully saturated rings. The molecular formula is C11H13FO3. The number of rotatable bonds is 3. The largest absolute Gasteiger partial charge is 0.380 e. The number of benzene rings is 1. The van der Waals surface area contributed by atoms with Gasteiger partial charge in [-0.05, 0) is 12.5 Å². The van der Waals surface area contributed by atoms with E-state index in [0.29, 0.717) is 0 Å². The van der Waals surface area contributed by atoms with Crippen LogP contribution in [-0.4, -0.2) is 16.7 Å². The molecule has 0 heterocycles. The van der Waals surface area contributed by atoms with E-state index >= 15 is 0 Å². The third-order valence-corrected chi connectivity index (χ3v) is 2.63. The zero-order valence-electron chi connectivity index (χ0n) is 8.61. The van der Waals surface area contributed by atoms with Crippen LogP contribution in [0.15, 0.2) is 30.3 Å². The molecule has 1 aromatic carbocycles. The Morgan fingerprint density at radius 3 is 2.47 bits per heavy atom. The van der Waals surface area contributed by atoms with Crippen LogP contribution in [0, 0.1) is 0 Å². The van der Waals surface area contributed by atoms with Gasteiger partial charge in [0.25, 0.3) is 0 Å². The zero-order valence-corrected chi connectivity index (χ0v) is 8.61. The van der Waals surface area contributed by atoms with Gasteiger partial charge in [-0.3, -0.25) is 4.94 Å². The first kappa shape index (κ1) is 11.7. The van der Waals surface area contributed by atoms with E-state index in [1.807, 2.05) is 6.07 Å². The molecule has 1 rings (SSSR count). The maximum atomic E-state index is 11.7. The topological polar surface area (TPSA) is 46.5 Å². The summed E-state index contributed by atoms with van der Waals surface area (Å²) in [5.41, 5.74) is -1.12. The Bertz CT molecular complexity index is 335. The molecule has 0 aliphatic carbocycles. The summed E-state index contributed by atoms with van der Waals surface area (Å²) in [6.07, 6.45) is 0. The fraction of sp³-hybridized carbons (Fsp3) is 0.364. The molecule has 0 amide bonds. The molecule has 0 aromatic heterocycles. The van der Waals surface area contributed by atoms with Gasteiger partial charge in [0.05, 0.1) is 0 Å². The Morgan fingerprint density at radius 2 is 2.00 bits per heavy atom. The molecule has 0 aliphatic rings. The Morgan fingerprint density at radius 1 is 1.47 bits per heavy atom. The predicted octanol–water partition coefficient (Wildman–Crippen LogP) is 1.97. The highest BCUT2D eigenvalue weighted by Crippen LogP contribution is 2.28. The normalized spacial score (nSPS) is 16.5. The maximum absolute atomic E-state index is 11.7. The monoisotopic (exact) mass is 212 g/mol. The Hall–Kier alpha value is -1.42. The van der Waals surface area contributed by atoms with Crippen LogP contribution in [-0.2, 0) is 9.74 Å². The Labute approximate surface area is 87.4 Å². The van der Waals surface area contributed by atoms with E-state index in [1.165, 1.54) is 6.92 Å². The second kappa shape index (κ2) is 4.40. The van der Waals surface area contributed by atoms with Crippen molar-refractivity contribution in [3.63, 3.8) is 0 Å². The average molecular weight is 212 g/mol. The SMILES string of the molecule is CC(c1ccccc1)C(C)(O)C(=O)OF. The molecule has 0 spiro atoms. The highest BCUT2D eigenvalue weighted by molar-refractivity contribution is 5.79. The van der Waals surface area contributed by atoms with Crippen molar-refractivity contribution in [3.8, 4) is 0 Å². The van der Waals surface area contributed by atoms with Gasteiger partial charge >= 0.3 is 5.97 Å². The molecule has 1 aromatic rings. The van der Waals surface area contributed by atoms with Crippen molar-refractivity contribution >= 4 is 5.97 Å². The van der Waals surface area contributed by atoms with Crippen LogP contribution in [0.1, 0.15) is 25.3 Å². The molecule has 3 nitrogen and oxygen atoms in total. The van der Waals surface area contributed by atoms with Gasteiger partial charge < -0.3 is 5.11 Å². The molecule has 1 N–H and O–H groups in total. The summed E-state index contributed by atoms with van der Waals surface area (Å²) in [6.45, 7) is 2.86. The van der Waals surface area contributed by atoms with Crippen molar-refractivity contribution in [3.05, 3.63) is 35.9 Å². The smallest absolute Gasteiger partial charge is 0.378 e. The number of halogens is 1. The summed E-state index contributed by atoms with van der Waals surface area (Å²) < 4.78 is 11.7. The molecule has 2 unspecified atom stereocenters. The first-order valence-electron chi connectivity index (χ1n) is 4.60. The molecular weight excluding hydrogens is 199 g/mol. The number of carbonyl (C=O) groups is 1. The average Bonchev–Trinajstić information content (AvgIpc) is 2.28. The lowest BCUT2D eigenvalue weighted by atomic mass is 9.85. The minimum atomic E-state index is -1.86. The molecule has 82 valence electrons. The second-order valence-electron chi connectivity index (χ2n) is 3.64. The minimum Gasteiger partial charge on any atom is -0.378 e. The van der Waals surface area contributed by atoms with Crippen LogP contribution in [0.5, 0.6) is 0 Å². The van der Waals surface area contributed by atoms with Gasteiger partial charge in [-0.2, -0.15) is 0 Å². The maximum Gasteiger partial charge on any atom is 0.380 e. The molecule has 15 heavy (non-hydrogen) atoms. The van der Waals surface area contributed by atoms with E-state index in [1.54, 1.807) is 31.2 Å². The standard InChI is InChI=1S/C11H13FO3/c1-8(9-6-4-3-5-7-9)11(2,14)10(13)15-12/h3-8,14H,1-2H3. The van der Waals surface area contributed by atoms with Crippen LogP contribution in [0.3, 0.4) is 0 Å². The third-order valence-electron chi connectivity index (χ3n) is 2.63. The van der Waals surface area contributed by atoms with E-state index in [0.717, 1.165) is 5.56 Å². The summed E-state index contributed by atoms with van der Waals surface area (Å²) in [5.74, 6) is -1.82. The molecule has 0 saturated carbocycles. The van der Waals surface area contributed by atoms with Gasteiger partial charge in [-0.15, -0.1) is 0 Å². The van der Waals surface area contributed by atoms with Gasteiger partial charge in [0.15, 0.2) is 5.60 Å². The summed E-state index contributed by atoms with van der Waals surface area (Å²) in [5, 5.41) is 9.79. The number of hydrogen-bond donors (Lipinski definition) is 1. The van der Waals surface area contributed by atoms with Crippen LogP contribution in [0.2, 0.25) is 0 Å². The molecule has 0 aliphatic heterocycles. The van der Waals surface area contributed by atoms with Gasteiger partial charge in [0.2, 0.25) is 0 Å². The first-order valence-corrected chi connectivity index (χ1v) is 4.60. The molecule has 0 radical (unpaired) electrons. The van der Waals surface area contributed by atoms with Crippen molar-refractivity contribution in [2.45, 2.75) is 25.4 Å². The first-order chi connectivity index (χ1) is 7.00. The molecule has 0 saturated heterocycles. The van der Waals surface area contributed by atoms with E-state index in [-0.39, 0.29) is 0 Å². The van der Waals surface area contributed by atoms with Gasteiger partial charge in [-0.1, -0.05) is 37.3 Å². The second-order valence-corrected chi connectivity index (χ2v) is 3.64. The van der Waals surface area contributed by atoms with Crippen LogP contribution < -0.4 is 0 Å². The van der Waals surface area contributed by atoms with E-state index < -0.39 is 17.5 Å². The highest BCUT2D eigenvalue weighted by atomic mass is 19.3. The fourth-order valence-corrected chi connectivity index (χ4v) is 1.32. The van der Waals surface area contributed by atoms with Crippen molar-refractivity contribution in [1.29, 1.82) is 0 Å². The van der Waals surface area contributed by atoms with Crippen LogP contribution in [0.25, 0.3) is 0 Å². The molecule has 0 bridgehead atoms. The van der Waals surface area contributed by atoms with Gasteiger partial charge in [-0.25, -0.2) is 4.79 Å². The van der Waals surface area contributed by atoms with E-state index in [2.05, 4.69) is 4.94 Å². The van der Waals surface area contributed by atoms with Crippen LogP contribution >= 0.6 is 0 Å². The quantitative estimate of drug-likeness (QED) is 0.833. The van der Waals surface area contributed by atoms with E-state index in [9.17, 15) is 14.4 Å². The summed E-state index contributed by atoms with van der Waals surface area (Å²) in [6, 6.07) is 8.89.